The Morgan fingerprint density at radius 1 is 0.826 bits per heavy atom. The molecule has 1 amide bonds. The standard InChI is InChI=1S/C19H13NO2S/c21-19(22)20-15-10-4-5-11-16(15)23-17-12-6-9-14(18(17)20)13-7-2-1-3-8-13/h1-12H,(H,21,22). The minimum absolute atomic E-state index is 0.709. The predicted octanol–water partition coefficient (Wildman–Crippen LogP) is 5.63. The number of hydrogen-bond acceptors (Lipinski definition) is 2. The predicted molar refractivity (Wildman–Crippen MR) is 92.6 cm³/mol. The van der Waals surface area contributed by atoms with Gasteiger partial charge >= 0.3 is 6.09 Å². The SMILES string of the molecule is O=C(O)N1c2ccccc2Sc2cccc(-c3ccccc3)c21. The lowest BCUT2D eigenvalue weighted by Crippen LogP contribution is -2.27. The fourth-order valence-corrected chi connectivity index (χ4v) is 3.94. The van der Waals surface area contributed by atoms with Crippen LogP contribution in [0.5, 0.6) is 0 Å². The Morgan fingerprint density at radius 3 is 2.30 bits per heavy atom. The van der Waals surface area contributed by atoms with Crippen molar-refractivity contribution in [1.29, 1.82) is 0 Å². The third-order valence-corrected chi connectivity index (χ3v) is 4.94. The summed E-state index contributed by atoms with van der Waals surface area (Å²) in [6.07, 6.45) is -0.970. The van der Waals surface area contributed by atoms with Crippen LogP contribution in [0.25, 0.3) is 11.1 Å². The van der Waals surface area contributed by atoms with Crippen molar-refractivity contribution in [1.82, 2.24) is 0 Å². The van der Waals surface area contributed by atoms with Crippen LogP contribution in [-0.2, 0) is 0 Å². The first-order chi connectivity index (χ1) is 11.3. The molecular formula is C19H13NO2S. The highest BCUT2D eigenvalue weighted by Crippen LogP contribution is 2.51. The minimum Gasteiger partial charge on any atom is -0.464 e. The Balaban J connectivity index is 1.99. The van der Waals surface area contributed by atoms with Crippen LogP contribution in [0.15, 0.2) is 82.6 Å². The van der Waals surface area contributed by atoms with E-state index in [2.05, 4.69) is 0 Å². The molecule has 4 rings (SSSR count). The van der Waals surface area contributed by atoms with Crippen molar-refractivity contribution in [2.75, 3.05) is 4.90 Å². The average Bonchev–Trinajstić information content (AvgIpc) is 2.59. The van der Waals surface area contributed by atoms with Gasteiger partial charge in [-0.25, -0.2) is 9.69 Å². The lowest BCUT2D eigenvalue weighted by molar-refractivity contribution is 0.204. The number of nitrogens with zero attached hydrogens (tertiary/aromatic N) is 1. The Labute approximate surface area is 138 Å². The molecule has 3 aromatic rings. The molecule has 112 valence electrons. The third-order valence-electron chi connectivity index (χ3n) is 3.82. The van der Waals surface area contributed by atoms with Gasteiger partial charge in [-0.2, -0.15) is 0 Å². The van der Waals surface area contributed by atoms with Gasteiger partial charge in [0.15, 0.2) is 0 Å². The summed E-state index contributed by atoms with van der Waals surface area (Å²) < 4.78 is 0. The molecule has 0 aromatic heterocycles. The van der Waals surface area contributed by atoms with Crippen LogP contribution in [0.3, 0.4) is 0 Å². The molecule has 0 aliphatic carbocycles. The van der Waals surface area contributed by atoms with Crippen molar-refractivity contribution in [2.45, 2.75) is 9.79 Å². The van der Waals surface area contributed by atoms with Crippen LogP contribution >= 0.6 is 11.8 Å². The van der Waals surface area contributed by atoms with Crippen molar-refractivity contribution in [3.05, 3.63) is 72.8 Å². The van der Waals surface area contributed by atoms with E-state index in [-0.39, 0.29) is 0 Å². The number of carboxylic acid groups (broad SMARTS) is 1. The molecule has 4 heteroatoms. The average molecular weight is 319 g/mol. The largest absolute Gasteiger partial charge is 0.464 e. The fourth-order valence-electron chi connectivity index (χ4n) is 2.85. The van der Waals surface area contributed by atoms with E-state index in [0.717, 1.165) is 26.6 Å². The van der Waals surface area contributed by atoms with E-state index in [1.165, 1.54) is 4.90 Å². The number of anilines is 2. The summed E-state index contributed by atoms with van der Waals surface area (Å²) in [5.74, 6) is 0. The summed E-state index contributed by atoms with van der Waals surface area (Å²) in [6, 6.07) is 23.4. The van der Waals surface area contributed by atoms with E-state index >= 15 is 0 Å². The zero-order valence-electron chi connectivity index (χ0n) is 12.1. The Morgan fingerprint density at radius 2 is 1.52 bits per heavy atom. The quantitative estimate of drug-likeness (QED) is 0.631. The van der Waals surface area contributed by atoms with Gasteiger partial charge in [-0.15, -0.1) is 0 Å². The number of hydrogen-bond donors (Lipinski definition) is 1. The van der Waals surface area contributed by atoms with E-state index in [0.29, 0.717) is 5.69 Å². The molecule has 3 nitrogen and oxygen atoms in total. The van der Waals surface area contributed by atoms with Gasteiger partial charge in [-0.3, -0.25) is 0 Å². The second kappa shape index (κ2) is 5.48. The minimum atomic E-state index is -0.970. The summed E-state index contributed by atoms with van der Waals surface area (Å²) in [7, 11) is 0. The Kier molecular flexibility index (Phi) is 3.32. The van der Waals surface area contributed by atoms with Gasteiger partial charge in [0.25, 0.3) is 0 Å². The van der Waals surface area contributed by atoms with Gasteiger partial charge in [0, 0.05) is 15.4 Å². The maximum Gasteiger partial charge on any atom is 0.416 e. The number of benzene rings is 3. The third kappa shape index (κ3) is 2.28. The molecule has 0 saturated carbocycles. The van der Waals surface area contributed by atoms with Crippen LogP contribution in [-0.4, -0.2) is 11.2 Å². The molecule has 0 saturated heterocycles. The Bertz CT molecular complexity index is 893. The van der Waals surface area contributed by atoms with Gasteiger partial charge in [0.2, 0.25) is 0 Å². The summed E-state index contributed by atoms with van der Waals surface area (Å²) in [5, 5.41) is 9.82. The number of fused-ring (bicyclic) bond motifs is 2. The second-order valence-corrected chi connectivity index (χ2v) is 6.29. The first-order valence-corrected chi connectivity index (χ1v) is 8.06. The fraction of sp³-hybridized carbons (Fsp3) is 0. The maximum atomic E-state index is 12.0. The number of amides is 1. The second-order valence-electron chi connectivity index (χ2n) is 5.21. The van der Waals surface area contributed by atoms with Gasteiger partial charge in [0.05, 0.1) is 11.4 Å². The van der Waals surface area contributed by atoms with Crippen LogP contribution in [0.1, 0.15) is 0 Å². The molecule has 0 atom stereocenters. The lowest BCUT2D eigenvalue weighted by atomic mass is 10.0. The monoisotopic (exact) mass is 319 g/mol. The van der Waals surface area contributed by atoms with Gasteiger partial charge < -0.3 is 5.11 Å². The highest BCUT2D eigenvalue weighted by atomic mass is 32.2. The molecule has 0 radical (unpaired) electrons. The van der Waals surface area contributed by atoms with E-state index in [1.54, 1.807) is 11.8 Å². The molecule has 1 heterocycles. The molecule has 0 fully saturated rings. The van der Waals surface area contributed by atoms with E-state index in [9.17, 15) is 9.90 Å². The zero-order valence-corrected chi connectivity index (χ0v) is 13.0. The molecule has 1 aliphatic rings. The highest BCUT2D eigenvalue weighted by Gasteiger charge is 2.30. The van der Waals surface area contributed by atoms with E-state index in [4.69, 9.17) is 0 Å². The summed E-state index contributed by atoms with van der Waals surface area (Å²) in [4.78, 5) is 15.3. The molecular weight excluding hydrogens is 306 g/mol. The van der Waals surface area contributed by atoms with Crippen LogP contribution in [0.2, 0.25) is 0 Å². The van der Waals surface area contributed by atoms with Gasteiger partial charge in [-0.1, -0.05) is 66.4 Å². The number of carbonyl (C=O) groups is 1. The molecule has 1 N–H and O–H groups in total. The summed E-state index contributed by atoms with van der Waals surface area (Å²) in [5.41, 5.74) is 3.37. The highest BCUT2D eigenvalue weighted by molar-refractivity contribution is 7.99. The molecule has 0 bridgehead atoms. The van der Waals surface area contributed by atoms with Crippen LogP contribution < -0.4 is 4.90 Å². The number of para-hydroxylation sites is 2. The molecule has 1 aliphatic heterocycles. The van der Waals surface area contributed by atoms with Crippen molar-refractivity contribution >= 4 is 29.2 Å². The molecule has 23 heavy (non-hydrogen) atoms. The Hall–Kier alpha value is -2.72. The first-order valence-electron chi connectivity index (χ1n) is 7.24. The topological polar surface area (TPSA) is 40.5 Å². The summed E-state index contributed by atoms with van der Waals surface area (Å²) >= 11 is 1.61. The van der Waals surface area contributed by atoms with Crippen molar-refractivity contribution in [2.24, 2.45) is 0 Å². The molecule has 0 spiro atoms. The van der Waals surface area contributed by atoms with E-state index < -0.39 is 6.09 Å². The van der Waals surface area contributed by atoms with Crippen molar-refractivity contribution in [3.63, 3.8) is 0 Å². The number of rotatable bonds is 1. The first kappa shape index (κ1) is 13.9. The normalized spacial score (nSPS) is 12.4. The summed E-state index contributed by atoms with van der Waals surface area (Å²) in [6.45, 7) is 0. The van der Waals surface area contributed by atoms with Gasteiger partial charge in [-0.05, 0) is 23.8 Å². The van der Waals surface area contributed by atoms with Crippen LogP contribution in [0, 0.1) is 0 Å². The lowest BCUT2D eigenvalue weighted by Gasteiger charge is -2.30. The van der Waals surface area contributed by atoms with Gasteiger partial charge in [0.1, 0.15) is 0 Å². The molecule has 0 unspecified atom stereocenters. The van der Waals surface area contributed by atoms with Crippen molar-refractivity contribution in [3.8, 4) is 11.1 Å². The smallest absolute Gasteiger partial charge is 0.416 e. The molecule has 3 aromatic carbocycles. The van der Waals surface area contributed by atoms with Crippen molar-refractivity contribution < 1.29 is 9.90 Å². The van der Waals surface area contributed by atoms with Crippen LogP contribution in [0.4, 0.5) is 16.2 Å². The van der Waals surface area contributed by atoms with E-state index in [1.807, 2.05) is 72.8 Å². The zero-order chi connectivity index (χ0) is 15.8. The maximum absolute atomic E-state index is 12.0.